The molecule has 0 radical (unpaired) electrons. The van der Waals surface area contributed by atoms with Crippen LogP contribution in [0.15, 0.2) is 51.4 Å². The lowest BCUT2D eigenvalue weighted by Crippen LogP contribution is -2.05. The van der Waals surface area contributed by atoms with Crippen LogP contribution in [0.3, 0.4) is 0 Å². The number of hydrogen-bond acceptors (Lipinski definition) is 1. The molecule has 0 spiro atoms. The van der Waals surface area contributed by atoms with Crippen molar-refractivity contribution in [2.45, 2.75) is 6.42 Å². The van der Waals surface area contributed by atoms with Gasteiger partial charge in [-0.3, -0.25) is 0 Å². The highest BCUT2D eigenvalue weighted by atomic mass is 79.9. The minimum atomic E-state index is 0.711. The SMILES string of the molecule is Clc1cc(Br)c(NCCc2ccccc2)c(Br)c1. The van der Waals surface area contributed by atoms with Crippen molar-refractivity contribution in [2.24, 2.45) is 0 Å². The minimum absolute atomic E-state index is 0.711. The fourth-order valence-corrected chi connectivity index (χ4v) is 3.64. The fourth-order valence-electron chi connectivity index (χ4n) is 1.69. The zero-order chi connectivity index (χ0) is 13.0. The summed E-state index contributed by atoms with van der Waals surface area (Å²) in [5, 5.41) is 4.12. The van der Waals surface area contributed by atoms with Crippen LogP contribution in [0.25, 0.3) is 0 Å². The second kappa shape index (κ2) is 6.60. The quantitative estimate of drug-likeness (QED) is 0.726. The van der Waals surface area contributed by atoms with E-state index in [9.17, 15) is 0 Å². The molecule has 18 heavy (non-hydrogen) atoms. The van der Waals surface area contributed by atoms with Gasteiger partial charge in [-0.2, -0.15) is 0 Å². The van der Waals surface area contributed by atoms with E-state index in [-0.39, 0.29) is 0 Å². The maximum absolute atomic E-state index is 5.96. The lowest BCUT2D eigenvalue weighted by molar-refractivity contribution is 1.02. The van der Waals surface area contributed by atoms with Gasteiger partial charge in [0.1, 0.15) is 0 Å². The van der Waals surface area contributed by atoms with Gasteiger partial charge in [0.2, 0.25) is 0 Å². The van der Waals surface area contributed by atoms with Crippen molar-refractivity contribution in [3.63, 3.8) is 0 Å². The molecule has 94 valence electrons. The molecule has 0 atom stereocenters. The van der Waals surface area contributed by atoms with Crippen molar-refractivity contribution in [3.05, 3.63) is 62.0 Å². The second-order valence-corrected chi connectivity index (χ2v) is 6.05. The first kappa shape index (κ1) is 13.9. The largest absolute Gasteiger partial charge is 0.383 e. The molecule has 1 N–H and O–H groups in total. The van der Waals surface area contributed by atoms with Crippen LogP contribution in [-0.4, -0.2) is 6.54 Å². The predicted molar refractivity (Wildman–Crippen MR) is 85.5 cm³/mol. The van der Waals surface area contributed by atoms with E-state index in [1.165, 1.54) is 5.56 Å². The maximum Gasteiger partial charge on any atom is 0.0630 e. The normalized spacial score (nSPS) is 10.4. The third-order valence-electron chi connectivity index (χ3n) is 2.57. The Bertz CT molecular complexity index is 506. The summed E-state index contributed by atoms with van der Waals surface area (Å²) in [6, 6.07) is 14.2. The molecule has 0 fully saturated rings. The topological polar surface area (TPSA) is 12.0 Å². The van der Waals surface area contributed by atoms with Gasteiger partial charge in [-0.1, -0.05) is 41.9 Å². The molecule has 0 saturated heterocycles. The summed E-state index contributed by atoms with van der Waals surface area (Å²) in [6.45, 7) is 0.878. The van der Waals surface area contributed by atoms with Crippen molar-refractivity contribution in [1.29, 1.82) is 0 Å². The zero-order valence-corrected chi connectivity index (χ0v) is 13.5. The van der Waals surface area contributed by atoms with Crippen LogP contribution in [0.1, 0.15) is 5.56 Å². The predicted octanol–water partition coefficient (Wildman–Crippen LogP) is 5.52. The smallest absolute Gasteiger partial charge is 0.0630 e. The Balaban J connectivity index is 1.99. The summed E-state index contributed by atoms with van der Waals surface area (Å²) in [5.74, 6) is 0. The molecular weight excluding hydrogens is 377 g/mol. The van der Waals surface area contributed by atoms with Gasteiger partial charge in [0.25, 0.3) is 0 Å². The zero-order valence-electron chi connectivity index (χ0n) is 9.59. The Labute approximate surface area is 129 Å². The molecule has 0 saturated carbocycles. The van der Waals surface area contributed by atoms with Crippen LogP contribution in [0.2, 0.25) is 5.02 Å². The van der Waals surface area contributed by atoms with E-state index in [4.69, 9.17) is 11.6 Å². The van der Waals surface area contributed by atoms with Crippen molar-refractivity contribution >= 4 is 49.1 Å². The molecule has 0 bridgehead atoms. The highest BCUT2D eigenvalue weighted by molar-refractivity contribution is 9.11. The number of nitrogens with one attached hydrogen (secondary N) is 1. The molecule has 2 aromatic rings. The van der Waals surface area contributed by atoms with E-state index in [0.29, 0.717) is 5.02 Å². The van der Waals surface area contributed by atoms with Gasteiger partial charge in [0, 0.05) is 20.5 Å². The summed E-state index contributed by atoms with van der Waals surface area (Å²) < 4.78 is 1.94. The third-order valence-corrected chi connectivity index (χ3v) is 4.03. The average Bonchev–Trinajstić information content (AvgIpc) is 2.34. The first-order valence-corrected chi connectivity index (χ1v) is 7.55. The van der Waals surface area contributed by atoms with Gasteiger partial charge in [-0.25, -0.2) is 0 Å². The summed E-state index contributed by atoms with van der Waals surface area (Å²) in [5.41, 5.74) is 2.36. The lowest BCUT2D eigenvalue weighted by atomic mass is 10.1. The molecular formula is C14H12Br2ClN. The van der Waals surface area contributed by atoms with Crippen LogP contribution in [-0.2, 0) is 6.42 Å². The first-order chi connectivity index (χ1) is 8.66. The van der Waals surface area contributed by atoms with E-state index < -0.39 is 0 Å². The monoisotopic (exact) mass is 387 g/mol. The molecule has 0 aliphatic carbocycles. The molecule has 2 rings (SSSR count). The molecule has 0 unspecified atom stereocenters. The lowest BCUT2D eigenvalue weighted by Gasteiger charge is -2.11. The number of halogens is 3. The number of anilines is 1. The Morgan fingerprint density at radius 2 is 1.61 bits per heavy atom. The summed E-state index contributed by atoms with van der Waals surface area (Å²) in [4.78, 5) is 0. The molecule has 1 nitrogen and oxygen atoms in total. The Morgan fingerprint density at radius 3 is 2.22 bits per heavy atom. The van der Waals surface area contributed by atoms with Gasteiger partial charge in [0.15, 0.2) is 0 Å². The highest BCUT2D eigenvalue weighted by Crippen LogP contribution is 2.34. The first-order valence-electron chi connectivity index (χ1n) is 5.59. The summed E-state index contributed by atoms with van der Waals surface area (Å²) in [6.07, 6.45) is 0.988. The molecule has 0 aromatic heterocycles. The van der Waals surface area contributed by atoms with E-state index in [0.717, 1.165) is 27.6 Å². The van der Waals surface area contributed by atoms with Gasteiger partial charge in [0.05, 0.1) is 5.69 Å². The van der Waals surface area contributed by atoms with Crippen molar-refractivity contribution in [2.75, 3.05) is 11.9 Å². The maximum atomic E-state index is 5.96. The van der Waals surface area contributed by atoms with Crippen molar-refractivity contribution < 1.29 is 0 Å². The van der Waals surface area contributed by atoms with Gasteiger partial charge >= 0.3 is 0 Å². The van der Waals surface area contributed by atoms with Crippen LogP contribution >= 0.6 is 43.5 Å². The second-order valence-electron chi connectivity index (χ2n) is 3.91. The average molecular weight is 390 g/mol. The standard InChI is InChI=1S/C14H12Br2ClN/c15-12-8-11(17)9-13(16)14(12)18-7-6-10-4-2-1-3-5-10/h1-5,8-9,18H,6-7H2. The number of rotatable bonds is 4. The Kier molecular flexibility index (Phi) is 5.10. The third kappa shape index (κ3) is 3.74. The highest BCUT2D eigenvalue weighted by Gasteiger charge is 2.06. The molecule has 0 amide bonds. The minimum Gasteiger partial charge on any atom is -0.383 e. The van der Waals surface area contributed by atoms with E-state index >= 15 is 0 Å². The van der Waals surface area contributed by atoms with E-state index in [1.54, 1.807) is 0 Å². The van der Waals surface area contributed by atoms with Crippen LogP contribution in [0.4, 0.5) is 5.69 Å². The van der Waals surface area contributed by atoms with E-state index in [2.05, 4.69) is 61.4 Å². The van der Waals surface area contributed by atoms with Crippen LogP contribution in [0, 0.1) is 0 Å². The Morgan fingerprint density at radius 1 is 1.00 bits per heavy atom. The van der Waals surface area contributed by atoms with Gasteiger partial charge in [-0.05, 0) is 56.0 Å². The van der Waals surface area contributed by atoms with Crippen LogP contribution < -0.4 is 5.32 Å². The molecule has 0 heterocycles. The molecule has 0 aliphatic heterocycles. The summed E-state index contributed by atoms with van der Waals surface area (Å²) >= 11 is 13.0. The van der Waals surface area contributed by atoms with Crippen LogP contribution in [0.5, 0.6) is 0 Å². The number of benzene rings is 2. The molecule has 4 heteroatoms. The van der Waals surface area contributed by atoms with Crippen molar-refractivity contribution in [3.8, 4) is 0 Å². The Hall–Kier alpha value is -0.510. The summed E-state index contributed by atoms with van der Waals surface area (Å²) in [7, 11) is 0. The molecule has 0 aliphatic rings. The van der Waals surface area contributed by atoms with Crippen molar-refractivity contribution in [1.82, 2.24) is 0 Å². The molecule has 2 aromatic carbocycles. The number of hydrogen-bond donors (Lipinski definition) is 1. The van der Waals surface area contributed by atoms with Gasteiger partial charge in [-0.15, -0.1) is 0 Å². The van der Waals surface area contributed by atoms with Gasteiger partial charge < -0.3 is 5.32 Å². The fraction of sp³-hybridized carbons (Fsp3) is 0.143. The van der Waals surface area contributed by atoms with E-state index in [1.807, 2.05) is 18.2 Å².